The molecular weight excluding hydrogens is 354 g/mol. The summed E-state index contributed by atoms with van der Waals surface area (Å²) in [5.41, 5.74) is 13.7. The van der Waals surface area contributed by atoms with Crippen LogP contribution in [0.3, 0.4) is 0 Å². The third-order valence-electron chi connectivity index (χ3n) is 3.95. The summed E-state index contributed by atoms with van der Waals surface area (Å²) in [5, 5.41) is 9.36. The van der Waals surface area contributed by atoms with E-state index in [0.29, 0.717) is 29.4 Å². The van der Waals surface area contributed by atoms with Crippen LogP contribution in [0.5, 0.6) is 11.5 Å². The number of nitrogen functional groups attached to an aromatic ring is 2. The monoisotopic (exact) mass is 373 g/mol. The molecule has 4 N–H and O–H groups in total. The molecule has 0 amide bonds. The third kappa shape index (κ3) is 4.19. The van der Waals surface area contributed by atoms with E-state index < -0.39 is 0 Å². The van der Waals surface area contributed by atoms with Crippen molar-refractivity contribution in [3.05, 3.63) is 65.7 Å². The quantitative estimate of drug-likeness (QED) is 0.680. The van der Waals surface area contributed by atoms with E-state index in [1.165, 1.54) is 0 Å². The maximum absolute atomic E-state index is 9.36. The minimum Gasteiger partial charge on any atom is -0.493 e. The summed E-state index contributed by atoms with van der Waals surface area (Å²) < 4.78 is 11.2. The van der Waals surface area contributed by atoms with Gasteiger partial charge in [0.15, 0.2) is 11.5 Å². The molecule has 0 atom stereocenters. The van der Waals surface area contributed by atoms with Gasteiger partial charge in [-0.05, 0) is 29.8 Å². The van der Waals surface area contributed by atoms with Gasteiger partial charge in [0.2, 0.25) is 5.95 Å². The molecule has 0 fully saturated rings. The van der Waals surface area contributed by atoms with Crippen LogP contribution in [-0.4, -0.2) is 23.7 Å². The number of nitrogens with zero attached hydrogens (tertiary/aromatic N) is 3. The van der Waals surface area contributed by atoms with E-state index in [0.717, 1.165) is 5.56 Å². The number of aromatic nitrogens is 2. The Bertz CT molecular complexity index is 1040. The lowest BCUT2D eigenvalue weighted by atomic mass is 10.1. The zero-order valence-corrected chi connectivity index (χ0v) is 15.3. The number of hydrogen-bond acceptors (Lipinski definition) is 7. The van der Waals surface area contributed by atoms with Gasteiger partial charge in [0.25, 0.3) is 0 Å². The minimum atomic E-state index is -0.00292. The van der Waals surface area contributed by atoms with E-state index in [-0.39, 0.29) is 17.3 Å². The minimum absolute atomic E-state index is 0.00292. The molecule has 28 heavy (non-hydrogen) atoms. The van der Waals surface area contributed by atoms with Crippen molar-refractivity contribution >= 4 is 17.8 Å². The zero-order valence-electron chi connectivity index (χ0n) is 15.3. The highest BCUT2D eigenvalue weighted by Gasteiger charge is 2.15. The summed E-state index contributed by atoms with van der Waals surface area (Å²) >= 11 is 0. The van der Waals surface area contributed by atoms with Crippen molar-refractivity contribution in [2.75, 3.05) is 25.2 Å². The van der Waals surface area contributed by atoms with Gasteiger partial charge in [0.05, 0.1) is 12.8 Å². The fourth-order valence-electron chi connectivity index (χ4n) is 2.64. The normalized spacial score (nSPS) is 10.6. The molecule has 0 saturated heterocycles. The SMILES string of the molecule is COc1cc(-c2nc(N)nc(N)c2C#N)ccc1OCC=Cc1ccccc1. The smallest absolute Gasteiger partial charge is 0.222 e. The summed E-state index contributed by atoms with van der Waals surface area (Å²) in [6.07, 6.45) is 3.90. The molecule has 0 aliphatic heterocycles. The van der Waals surface area contributed by atoms with Gasteiger partial charge >= 0.3 is 0 Å². The first-order chi connectivity index (χ1) is 13.6. The first-order valence-electron chi connectivity index (χ1n) is 8.48. The molecule has 1 aromatic heterocycles. The maximum Gasteiger partial charge on any atom is 0.222 e. The number of anilines is 2. The fraction of sp³-hybridized carbons (Fsp3) is 0.0952. The molecule has 7 nitrogen and oxygen atoms in total. The highest BCUT2D eigenvalue weighted by molar-refractivity contribution is 5.74. The predicted octanol–water partition coefficient (Wildman–Crippen LogP) is 3.28. The largest absolute Gasteiger partial charge is 0.493 e. The van der Waals surface area contributed by atoms with Crippen molar-refractivity contribution in [3.63, 3.8) is 0 Å². The van der Waals surface area contributed by atoms with Crippen LogP contribution >= 0.6 is 0 Å². The van der Waals surface area contributed by atoms with Gasteiger partial charge in [-0.15, -0.1) is 0 Å². The van der Waals surface area contributed by atoms with E-state index in [1.54, 1.807) is 25.3 Å². The van der Waals surface area contributed by atoms with Crippen LogP contribution in [0, 0.1) is 11.3 Å². The molecule has 0 aliphatic carbocycles. The van der Waals surface area contributed by atoms with E-state index >= 15 is 0 Å². The molecule has 0 saturated carbocycles. The number of ether oxygens (including phenoxy) is 2. The van der Waals surface area contributed by atoms with Crippen LogP contribution in [-0.2, 0) is 0 Å². The van der Waals surface area contributed by atoms with E-state index in [9.17, 15) is 5.26 Å². The van der Waals surface area contributed by atoms with Gasteiger partial charge in [0.1, 0.15) is 24.1 Å². The van der Waals surface area contributed by atoms with Crippen molar-refractivity contribution in [2.24, 2.45) is 0 Å². The Kier molecular flexibility index (Phi) is 5.72. The molecule has 140 valence electrons. The second kappa shape index (κ2) is 8.56. The summed E-state index contributed by atoms with van der Waals surface area (Å²) in [7, 11) is 1.54. The number of hydrogen-bond donors (Lipinski definition) is 2. The van der Waals surface area contributed by atoms with Gasteiger partial charge in [-0.3, -0.25) is 0 Å². The Labute approximate surface area is 162 Å². The lowest BCUT2D eigenvalue weighted by Crippen LogP contribution is -2.05. The average Bonchev–Trinajstić information content (AvgIpc) is 2.71. The number of nitrogens with two attached hydrogens (primary N) is 2. The van der Waals surface area contributed by atoms with Crippen LogP contribution in [0.15, 0.2) is 54.6 Å². The number of methoxy groups -OCH3 is 1. The second-order valence-electron chi connectivity index (χ2n) is 5.79. The van der Waals surface area contributed by atoms with Crippen molar-refractivity contribution in [2.45, 2.75) is 0 Å². The fourth-order valence-corrected chi connectivity index (χ4v) is 2.64. The number of nitriles is 1. The predicted molar refractivity (Wildman–Crippen MR) is 109 cm³/mol. The lowest BCUT2D eigenvalue weighted by Gasteiger charge is -2.12. The number of benzene rings is 2. The molecule has 3 aromatic rings. The molecule has 0 unspecified atom stereocenters. The molecule has 3 rings (SSSR count). The summed E-state index contributed by atoms with van der Waals surface area (Å²) in [6.45, 7) is 0.376. The molecule has 0 spiro atoms. The van der Waals surface area contributed by atoms with Crippen molar-refractivity contribution in [3.8, 4) is 28.8 Å². The molecule has 1 heterocycles. The Morgan fingerprint density at radius 2 is 1.86 bits per heavy atom. The average molecular weight is 373 g/mol. The van der Waals surface area contributed by atoms with Crippen LogP contribution in [0.4, 0.5) is 11.8 Å². The topological polar surface area (TPSA) is 120 Å². The summed E-state index contributed by atoms with van der Waals surface area (Å²) in [5.74, 6) is 1.11. The standard InChI is InChI=1S/C21H19N5O2/c1-27-18-12-15(19-16(13-22)20(23)26-21(24)25-19)9-10-17(18)28-11-5-8-14-6-3-2-4-7-14/h2-10,12H,11H2,1H3,(H4,23,24,25,26). The molecule has 0 aliphatic rings. The van der Waals surface area contributed by atoms with Crippen molar-refractivity contribution in [1.82, 2.24) is 9.97 Å². The highest BCUT2D eigenvalue weighted by atomic mass is 16.5. The Hall–Kier alpha value is -4.05. The van der Waals surface area contributed by atoms with Gasteiger partial charge in [0, 0.05) is 5.56 Å². The lowest BCUT2D eigenvalue weighted by molar-refractivity contribution is 0.327. The molecule has 2 aromatic carbocycles. The maximum atomic E-state index is 9.36. The molecule has 7 heteroatoms. The molecule has 0 bridgehead atoms. The Morgan fingerprint density at radius 3 is 2.57 bits per heavy atom. The van der Waals surface area contributed by atoms with Crippen molar-refractivity contribution < 1.29 is 9.47 Å². The van der Waals surface area contributed by atoms with Crippen molar-refractivity contribution in [1.29, 1.82) is 5.26 Å². The first-order valence-corrected chi connectivity index (χ1v) is 8.48. The molecular formula is C21H19N5O2. The number of rotatable bonds is 6. The van der Waals surface area contributed by atoms with Gasteiger partial charge in [-0.1, -0.05) is 36.4 Å². The highest BCUT2D eigenvalue weighted by Crippen LogP contribution is 2.34. The molecule has 0 radical (unpaired) electrons. The van der Waals surface area contributed by atoms with Gasteiger partial charge < -0.3 is 20.9 Å². The van der Waals surface area contributed by atoms with Crippen LogP contribution in [0.25, 0.3) is 17.3 Å². The third-order valence-corrected chi connectivity index (χ3v) is 3.95. The van der Waals surface area contributed by atoms with Gasteiger partial charge in [-0.2, -0.15) is 10.2 Å². The van der Waals surface area contributed by atoms with E-state index in [2.05, 4.69) is 9.97 Å². The Balaban J connectivity index is 1.82. The van der Waals surface area contributed by atoms with Crippen LogP contribution in [0.1, 0.15) is 11.1 Å². The van der Waals surface area contributed by atoms with Crippen LogP contribution < -0.4 is 20.9 Å². The van der Waals surface area contributed by atoms with E-state index in [4.69, 9.17) is 20.9 Å². The summed E-state index contributed by atoms with van der Waals surface area (Å²) in [4.78, 5) is 7.97. The van der Waals surface area contributed by atoms with E-state index in [1.807, 2.05) is 48.6 Å². The first kappa shape index (κ1) is 18.7. The van der Waals surface area contributed by atoms with Crippen LogP contribution in [0.2, 0.25) is 0 Å². The summed E-state index contributed by atoms with van der Waals surface area (Å²) in [6, 6.07) is 17.2. The zero-order chi connectivity index (χ0) is 19.9. The second-order valence-corrected chi connectivity index (χ2v) is 5.79. The Morgan fingerprint density at radius 1 is 1.07 bits per heavy atom. The van der Waals surface area contributed by atoms with Gasteiger partial charge in [-0.25, -0.2) is 4.98 Å².